The topological polar surface area (TPSA) is 35.9 Å². The molecule has 1 rings (SSSR count). The van der Waals surface area contributed by atoms with Gasteiger partial charge in [0.05, 0.1) is 0 Å². The first-order valence-corrected chi connectivity index (χ1v) is 5.70. The lowest BCUT2D eigenvalue weighted by Gasteiger charge is -2.11. The Hall–Kier alpha value is -0.580. The van der Waals surface area contributed by atoms with Gasteiger partial charge in [-0.2, -0.15) is 0 Å². The molecule has 76 valence electrons. The van der Waals surface area contributed by atoms with Gasteiger partial charge in [-0.1, -0.05) is 19.9 Å². The van der Waals surface area contributed by atoms with Crippen molar-refractivity contribution in [3.63, 3.8) is 0 Å². The van der Waals surface area contributed by atoms with Crippen LogP contribution in [0.3, 0.4) is 0 Å². The Morgan fingerprint density at radius 2 is 2.07 bits per heavy atom. The van der Waals surface area contributed by atoms with Crippen LogP contribution >= 0.6 is 22.6 Å². The molecule has 14 heavy (non-hydrogen) atoms. The molecule has 1 aromatic rings. The van der Waals surface area contributed by atoms with Crippen LogP contribution in [0.4, 0.5) is 5.69 Å². The zero-order valence-electron chi connectivity index (χ0n) is 8.69. The molecule has 3 heteroatoms. The van der Waals surface area contributed by atoms with E-state index in [0.717, 1.165) is 11.3 Å². The summed E-state index contributed by atoms with van der Waals surface area (Å²) in [6.07, 6.45) is 0. The summed E-state index contributed by atoms with van der Waals surface area (Å²) >= 11 is 2.04. The zero-order chi connectivity index (χ0) is 10.7. The van der Waals surface area contributed by atoms with Crippen molar-refractivity contribution in [1.29, 1.82) is 5.41 Å². The first-order valence-electron chi connectivity index (χ1n) is 4.62. The first kappa shape index (κ1) is 11.5. The fourth-order valence-electron chi connectivity index (χ4n) is 1.32. The van der Waals surface area contributed by atoms with Gasteiger partial charge >= 0.3 is 0 Å². The average Bonchev–Trinajstić information content (AvgIpc) is 2.16. The van der Waals surface area contributed by atoms with E-state index in [1.807, 2.05) is 35.7 Å². The molecule has 0 fully saturated rings. The Kier molecular flexibility index (Phi) is 3.92. The van der Waals surface area contributed by atoms with Crippen LogP contribution < -0.4 is 5.32 Å². The fraction of sp³-hybridized carbons (Fsp3) is 0.364. The highest BCUT2D eigenvalue weighted by molar-refractivity contribution is 14.1. The maximum Gasteiger partial charge on any atom is 0.101 e. The molecule has 0 heterocycles. The Bertz CT molecular complexity index is 345. The standard InChI is InChI=1S/C11H15IN2/c1-7(2)8-4-5-10(14-3)9(6-8)11(12)13/h4-7,13-14H,1-3H3. The first-order chi connectivity index (χ1) is 6.56. The summed E-state index contributed by atoms with van der Waals surface area (Å²) in [6.45, 7) is 4.32. The van der Waals surface area contributed by atoms with Gasteiger partial charge in [0.25, 0.3) is 0 Å². The highest BCUT2D eigenvalue weighted by Crippen LogP contribution is 2.24. The van der Waals surface area contributed by atoms with Crippen LogP contribution in [0.2, 0.25) is 0 Å². The predicted molar refractivity (Wildman–Crippen MR) is 70.9 cm³/mol. The minimum absolute atomic E-state index is 0.510. The summed E-state index contributed by atoms with van der Waals surface area (Å²) in [5.41, 5.74) is 3.29. The van der Waals surface area contributed by atoms with E-state index in [0.29, 0.717) is 9.64 Å². The van der Waals surface area contributed by atoms with Crippen LogP contribution in [0.5, 0.6) is 0 Å². The van der Waals surface area contributed by atoms with Gasteiger partial charge in [-0.05, 0) is 46.2 Å². The molecular formula is C11H15IN2. The van der Waals surface area contributed by atoms with Gasteiger partial charge in [0.15, 0.2) is 0 Å². The molecule has 1 aromatic carbocycles. The van der Waals surface area contributed by atoms with Crippen molar-refractivity contribution in [2.24, 2.45) is 0 Å². The maximum atomic E-state index is 7.66. The summed E-state index contributed by atoms with van der Waals surface area (Å²) in [7, 11) is 1.88. The van der Waals surface area contributed by atoms with E-state index >= 15 is 0 Å². The van der Waals surface area contributed by atoms with Crippen molar-refractivity contribution >= 4 is 32.0 Å². The minimum atomic E-state index is 0.510. The molecule has 2 N–H and O–H groups in total. The van der Waals surface area contributed by atoms with Gasteiger partial charge in [0.2, 0.25) is 0 Å². The predicted octanol–water partition coefficient (Wildman–Crippen LogP) is 3.61. The minimum Gasteiger partial charge on any atom is -0.388 e. The molecule has 0 aromatic heterocycles. The number of hydrogen-bond donors (Lipinski definition) is 2. The van der Waals surface area contributed by atoms with Gasteiger partial charge in [-0.3, -0.25) is 5.41 Å². The zero-order valence-corrected chi connectivity index (χ0v) is 10.8. The number of nitrogens with one attached hydrogen (secondary N) is 2. The Labute approximate surface area is 98.8 Å². The Morgan fingerprint density at radius 1 is 1.43 bits per heavy atom. The Morgan fingerprint density at radius 3 is 2.50 bits per heavy atom. The van der Waals surface area contributed by atoms with Crippen molar-refractivity contribution in [1.82, 2.24) is 0 Å². The molecule has 0 aliphatic carbocycles. The van der Waals surface area contributed by atoms with Gasteiger partial charge < -0.3 is 5.32 Å². The third-order valence-corrected chi connectivity index (χ3v) is 2.80. The maximum absolute atomic E-state index is 7.66. The lowest BCUT2D eigenvalue weighted by molar-refractivity contribution is 0.866. The average molecular weight is 302 g/mol. The largest absolute Gasteiger partial charge is 0.388 e. The van der Waals surface area contributed by atoms with Crippen molar-refractivity contribution < 1.29 is 0 Å². The molecule has 0 unspecified atom stereocenters. The molecule has 0 amide bonds. The van der Waals surface area contributed by atoms with Crippen LogP contribution in [-0.4, -0.2) is 10.8 Å². The highest BCUT2D eigenvalue weighted by Gasteiger charge is 2.07. The van der Waals surface area contributed by atoms with Gasteiger partial charge in [0.1, 0.15) is 3.72 Å². The second-order valence-corrected chi connectivity index (χ2v) is 4.60. The van der Waals surface area contributed by atoms with Crippen LogP contribution in [0.1, 0.15) is 30.9 Å². The summed E-state index contributed by atoms with van der Waals surface area (Å²) in [6, 6.07) is 6.24. The summed E-state index contributed by atoms with van der Waals surface area (Å²) in [4.78, 5) is 0. The number of halogens is 1. The van der Waals surface area contributed by atoms with E-state index in [1.165, 1.54) is 5.56 Å². The number of rotatable bonds is 3. The van der Waals surface area contributed by atoms with E-state index in [1.54, 1.807) is 0 Å². The van der Waals surface area contributed by atoms with Gasteiger partial charge in [-0.25, -0.2) is 0 Å². The quantitative estimate of drug-likeness (QED) is 0.649. The Balaban J connectivity index is 3.21. The number of hydrogen-bond acceptors (Lipinski definition) is 2. The van der Waals surface area contributed by atoms with Crippen LogP contribution in [0, 0.1) is 5.41 Å². The lowest BCUT2D eigenvalue weighted by atomic mass is 10.00. The van der Waals surface area contributed by atoms with Crippen LogP contribution in [0.25, 0.3) is 0 Å². The smallest absolute Gasteiger partial charge is 0.101 e. The van der Waals surface area contributed by atoms with E-state index < -0.39 is 0 Å². The monoisotopic (exact) mass is 302 g/mol. The second kappa shape index (κ2) is 4.77. The molecule has 0 atom stereocenters. The number of anilines is 1. The molecule has 0 saturated carbocycles. The fourth-order valence-corrected chi connectivity index (χ4v) is 1.77. The SMILES string of the molecule is CNc1ccc(C(C)C)cc1C(=N)I. The van der Waals surface area contributed by atoms with Crippen LogP contribution in [-0.2, 0) is 0 Å². The van der Waals surface area contributed by atoms with Crippen LogP contribution in [0.15, 0.2) is 18.2 Å². The molecule has 0 aliphatic heterocycles. The number of benzene rings is 1. The third kappa shape index (κ3) is 2.47. The van der Waals surface area contributed by atoms with Gasteiger partial charge in [0, 0.05) is 18.3 Å². The molecule has 0 aliphatic rings. The summed E-state index contributed by atoms with van der Waals surface area (Å²) in [5.74, 6) is 0.510. The second-order valence-electron chi connectivity index (χ2n) is 3.52. The van der Waals surface area contributed by atoms with Crippen molar-refractivity contribution in [2.75, 3.05) is 12.4 Å². The lowest BCUT2D eigenvalue weighted by Crippen LogP contribution is -2.00. The van der Waals surface area contributed by atoms with Crippen molar-refractivity contribution in [2.45, 2.75) is 19.8 Å². The normalized spacial score (nSPS) is 10.4. The highest BCUT2D eigenvalue weighted by atomic mass is 127. The third-order valence-electron chi connectivity index (χ3n) is 2.22. The molecule has 0 spiro atoms. The molecule has 0 saturated heterocycles. The summed E-state index contributed by atoms with van der Waals surface area (Å²) < 4.78 is 0.578. The van der Waals surface area contributed by atoms with E-state index in [2.05, 4.69) is 31.3 Å². The molecule has 0 bridgehead atoms. The van der Waals surface area contributed by atoms with E-state index in [9.17, 15) is 0 Å². The van der Waals surface area contributed by atoms with Crippen molar-refractivity contribution in [3.05, 3.63) is 29.3 Å². The molecular weight excluding hydrogens is 287 g/mol. The van der Waals surface area contributed by atoms with Gasteiger partial charge in [-0.15, -0.1) is 0 Å². The van der Waals surface area contributed by atoms with E-state index in [4.69, 9.17) is 5.41 Å². The summed E-state index contributed by atoms with van der Waals surface area (Å²) in [5, 5.41) is 10.8. The molecule has 0 radical (unpaired) electrons. The van der Waals surface area contributed by atoms with E-state index in [-0.39, 0.29) is 0 Å². The molecule has 2 nitrogen and oxygen atoms in total. The van der Waals surface area contributed by atoms with Crippen molar-refractivity contribution in [3.8, 4) is 0 Å².